The summed E-state index contributed by atoms with van der Waals surface area (Å²) in [6.07, 6.45) is 3.72. The summed E-state index contributed by atoms with van der Waals surface area (Å²) < 4.78 is 0. The highest BCUT2D eigenvalue weighted by Gasteiger charge is 2.18. The Bertz CT molecular complexity index is 475. The minimum absolute atomic E-state index is 0.691. The summed E-state index contributed by atoms with van der Waals surface area (Å²) in [5, 5.41) is 3.31. The van der Waals surface area contributed by atoms with Crippen molar-refractivity contribution in [2.75, 3.05) is 13.1 Å². The molecule has 0 saturated carbocycles. The SMILES string of the molecule is c1cncc(-c2cccc(C3CNC3)c2)c1. The molecule has 0 radical (unpaired) electrons. The van der Waals surface area contributed by atoms with Crippen LogP contribution in [0, 0.1) is 0 Å². The standard InChI is InChI=1S/C14H14N2/c1-3-11(13-5-2-6-15-8-13)7-12(4-1)14-9-16-10-14/h1-8,14,16H,9-10H2. The molecule has 0 atom stereocenters. The van der Waals surface area contributed by atoms with E-state index in [1.54, 1.807) is 0 Å². The van der Waals surface area contributed by atoms with E-state index in [4.69, 9.17) is 0 Å². The van der Waals surface area contributed by atoms with Crippen LogP contribution in [0.15, 0.2) is 48.8 Å². The summed E-state index contributed by atoms with van der Waals surface area (Å²) in [5.41, 5.74) is 3.88. The van der Waals surface area contributed by atoms with Crippen LogP contribution >= 0.6 is 0 Å². The fourth-order valence-corrected chi connectivity index (χ4v) is 2.03. The molecule has 0 bridgehead atoms. The number of nitrogens with one attached hydrogen (secondary N) is 1. The lowest BCUT2D eigenvalue weighted by molar-refractivity contribution is 0.448. The number of rotatable bonds is 2. The van der Waals surface area contributed by atoms with E-state index in [-0.39, 0.29) is 0 Å². The van der Waals surface area contributed by atoms with Crippen molar-refractivity contribution < 1.29 is 0 Å². The lowest BCUT2D eigenvalue weighted by atomic mass is 9.91. The van der Waals surface area contributed by atoms with Gasteiger partial charge in [-0.2, -0.15) is 0 Å². The normalized spacial score (nSPS) is 15.8. The first-order valence-electron chi connectivity index (χ1n) is 5.64. The molecule has 0 amide bonds. The number of nitrogens with zero attached hydrogens (tertiary/aromatic N) is 1. The Labute approximate surface area is 95.3 Å². The lowest BCUT2D eigenvalue weighted by Crippen LogP contribution is -2.39. The molecule has 0 spiro atoms. The first kappa shape index (κ1) is 9.55. The molecule has 2 heterocycles. The second-order valence-electron chi connectivity index (χ2n) is 4.22. The van der Waals surface area contributed by atoms with Gasteiger partial charge in [0.15, 0.2) is 0 Å². The highest BCUT2D eigenvalue weighted by atomic mass is 14.9. The van der Waals surface area contributed by atoms with Crippen molar-refractivity contribution >= 4 is 0 Å². The maximum absolute atomic E-state index is 4.16. The molecule has 0 aliphatic carbocycles. The Morgan fingerprint density at radius 1 is 1.06 bits per heavy atom. The van der Waals surface area contributed by atoms with Crippen molar-refractivity contribution in [1.29, 1.82) is 0 Å². The molecule has 0 unspecified atom stereocenters. The van der Waals surface area contributed by atoms with E-state index in [0.29, 0.717) is 5.92 Å². The third-order valence-electron chi connectivity index (χ3n) is 3.13. The minimum Gasteiger partial charge on any atom is -0.315 e. The predicted molar refractivity (Wildman–Crippen MR) is 65.3 cm³/mol. The van der Waals surface area contributed by atoms with Crippen LogP contribution in [-0.4, -0.2) is 18.1 Å². The maximum Gasteiger partial charge on any atom is 0.0346 e. The fourth-order valence-electron chi connectivity index (χ4n) is 2.03. The zero-order chi connectivity index (χ0) is 10.8. The van der Waals surface area contributed by atoms with Gasteiger partial charge in [-0.3, -0.25) is 4.98 Å². The summed E-state index contributed by atoms with van der Waals surface area (Å²) in [6.45, 7) is 2.22. The van der Waals surface area contributed by atoms with Crippen molar-refractivity contribution in [3.8, 4) is 11.1 Å². The molecule has 1 aliphatic heterocycles. The summed E-state index contributed by atoms with van der Waals surface area (Å²) in [6, 6.07) is 12.9. The van der Waals surface area contributed by atoms with E-state index in [9.17, 15) is 0 Å². The van der Waals surface area contributed by atoms with Crippen LogP contribution in [0.5, 0.6) is 0 Å². The van der Waals surface area contributed by atoms with Gasteiger partial charge in [-0.15, -0.1) is 0 Å². The number of pyridine rings is 1. The van der Waals surface area contributed by atoms with Crippen LogP contribution in [0.3, 0.4) is 0 Å². The molecule has 80 valence electrons. The van der Waals surface area contributed by atoms with Gasteiger partial charge >= 0.3 is 0 Å². The van der Waals surface area contributed by atoms with Gasteiger partial charge in [0, 0.05) is 31.4 Å². The summed E-state index contributed by atoms with van der Waals surface area (Å²) >= 11 is 0. The molecule has 1 aliphatic rings. The molecular formula is C14H14N2. The molecule has 1 N–H and O–H groups in total. The third kappa shape index (κ3) is 1.72. The smallest absolute Gasteiger partial charge is 0.0346 e. The lowest BCUT2D eigenvalue weighted by Gasteiger charge is -2.27. The van der Waals surface area contributed by atoms with Crippen LogP contribution < -0.4 is 5.32 Å². The van der Waals surface area contributed by atoms with Crippen LogP contribution in [0.2, 0.25) is 0 Å². The number of hydrogen-bond acceptors (Lipinski definition) is 2. The Morgan fingerprint density at radius 3 is 2.62 bits per heavy atom. The van der Waals surface area contributed by atoms with Crippen LogP contribution in [0.1, 0.15) is 11.5 Å². The largest absolute Gasteiger partial charge is 0.315 e. The summed E-state index contributed by atoms with van der Waals surface area (Å²) in [7, 11) is 0. The Hall–Kier alpha value is -1.67. The number of aromatic nitrogens is 1. The zero-order valence-corrected chi connectivity index (χ0v) is 9.06. The average molecular weight is 210 g/mol. The zero-order valence-electron chi connectivity index (χ0n) is 9.06. The first-order valence-corrected chi connectivity index (χ1v) is 5.64. The molecule has 3 rings (SSSR count). The molecule has 1 aromatic carbocycles. The van der Waals surface area contributed by atoms with E-state index >= 15 is 0 Å². The van der Waals surface area contributed by atoms with Gasteiger partial charge in [-0.05, 0) is 22.8 Å². The van der Waals surface area contributed by atoms with Crippen LogP contribution in [0.25, 0.3) is 11.1 Å². The van der Waals surface area contributed by atoms with Crippen molar-refractivity contribution in [2.24, 2.45) is 0 Å². The predicted octanol–water partition coefficient (Wildman–Crippen LogP) is 2.44. The Balaban J connectivity index is 1.96. The van der Waals surface area contributed by atoms with E-state index in [0.717, 1.165) is 13.1 Å². The topological polar surface area (TPSA) is 24.9 Å². The van der Waals surface area contributed by atoms with E-state index < -0.39 is 0 Å². The summed E-state index contributed by atoms with van der Waals surface area (Å²) in [4.78, 5) is 4.16. The van der Waals surface area contributed by atoms with E-state index in [1.807, 2.05) is 18.5 Å². The maximum atomic E-state index is 4.16. The number of hydrogen-bond donors (Lipinski definition) is 1. The highest BCUT2D eigenvalue weighted by molar-refractivity contribution is 5.63. The Morgan fingerprint density at radius 2 is 1.94 bits per heavy atom. The second kappa shape index (κ2) is 4.06. The monoisotopic (exact) mass is 210 g/mol. The van der Waals surface area contributed by atoms with Crippen LogP contribution in [0.4, 0.5) is 0 Å². The van der Waals surface area contributed by atoms with Crippen molar-refractivity contribution in [1.82, 2.24) is 10.3 Å². The van der Waals surface area contributed by atoms with Crippen LogP contribution in [-0.2, 0) is 0 Å². The van der Waals surface area contributed by atoms with Crippen molar-refractivity contribution in [3.63, 3.8) is 0 Å². The Kier molecular flexibility index (Phi) is 2.43. The molecule has 2 heteroatoms. The van der Waals surface area contributed by atoms with E-state index in [1.165, 1.54) is 16.7 Å². The van der Waals surface area contributed by atoms with Gasteiger partial charge in [0.2, 0.25) is 0 Å². The molecule has 2 aromatic rings. The van der Waals surface area contributed by atoms with Gasteiger partial charge < -0.3 is 5.32 Å². The number of benzene rings is 1. The van der Waals surface area contributed by atoms with Gasteiger partial charge in [0.25, 0.3) is 0 Å². The van der Waals surface area contributed by atoms with E-state index in [2.05, 4.69) is 40.6 Å². The van der Waals surface area contributed by atoms with Gasteiger partial charge in [0.05, 0.1) is 0 Å². The molecule has 1 saturated heterocycles. The van der Waals surface area contributed by atoms with Gasteiger partial charge in [-0.25, -0.2) is 0 Å². The molecule has 16 heavy (non-hydrogen) atoms. The second-order valence-corrected chi connectivity index (χ2v) is 4.22. The quantitative estimate of drug-likeness (QED) is 0.823. The molecule has 1 aromatic heterocycles. The summed E-state index contributed by atoms with van der Waals surface area (Å²) in [5.74, 6) is 0.691. The highest BCUT2D eigenvalue weighted by Crippen LogP contribution is 2.25. The van der Waals surface area contributed by atoms with Crippen molar-refractivity contribution in [3.05, 3.63) is 54.4 Å². The van der Waals surface area contributed by atoms with Crippen molar-refractivity contribution in [2.45, 2.75) is 5.92 Å². The third-order valence-corrected chi connectivity index (χ3v) is 3.13. The first-order chi connectivity index (χ1) is 7.93. The molecular weight excluding hydrogens is 196 g/mol. The molecule has 1 fully saturated rings. The average Bonchev–Trinajstić information content (AvgIpc) is 2.28. The van der Waals surface area contributed by atoms with Gasteiger partial charge in [0.1, 0.15) is 0 Å². The molecule has 2 nitrogen and oxygen atoms in total. The fraction of sp³-hybridized carbons (Fsp3) is 0.214. The van der Waals surface area contributed by atoms with Gasteiger partial charge in [-0.1, -0.05) is 30.3 Å². The minimum atomic E-state index is 0.691.